The molecule has 0 spiro atoms. The minimum Gasteiger partial charge on any atom is -0.278 e. The summed E-state index contributed by atoms with van der Waals surface area (Å²) in [5.41, 5.74) is 0.714. The predicted octanol–water partition coefficient (Wildman–Crippen LogP) is 1.68. The number of aryl methyl sites for hydroxylation is 1. The van der Waals surface area contributed by atoms with Crippen molar-refractivity contribution in [3.63, 3.8) is 0 Å². The van der Waals surface area contributed by atoms with Gasteiger partial charge < -0.3 is 0 Å². The molecule has 0 fully saturated rings. The zero-order valence-corrected chi connectivity index (χ0v) is 8.14. The summed E-state index contributed by atoms with van der Waals surface area (Å²) in [6.07, 6.45) is 4.04. The Kier molecular flexibility index (Phi) is 2.33. The number of aromatic nitrogens is 2. The molecule has 1 aromatic carbocycles. The molecule has 1 aromatic heterocycles. The number of benzene rings is 1. The Morgan fingerprint density at radius 2 is 2.20 bits per heavy atom. The molecular weight excluding hydrogens is 195 g/mol. The van der Waals surface area contributed by atoms with Crippen LogP contribution in [0.5, 0.6) is 0 Å². The lowest BCUT2D eigenvalue weighted by molar-refractivity contribution is 0.614. The molecule has 0 N–H and O–H groups in total. The van der Waals surface area contributed by atoms with Gasteiger partial charge in [0.15, 0.2) is 0 Å². The van der Waals surface area contributed by atoms with Crippen molar-refractivity contribution in [3.8, 4) is 5.69 Å². The fourth-order valence-corrected chi connectivity index (χ4v) is 1.35. The lowest BCUT2D eigenvalue weighted by Gasteiger charge is -2.06. The van der Waals surface area contributed by atoms with Gasteiger partial charge in [0.25, 0.3) is 5.56 Å². The Balaban J connectivity index is 2.65. The third-order valence-electron chi connectivity index (χ3n) is 2.09. The molecule has 4 heteroatoms. The van der Waals surface area contributed by atoms with Crippen LogP contribution in [0.2, 0.25) is 0 Å². The van der Waals surface area contributed by atoms with Gasteiger partial charge in [0.1, 0.15) is 5.82 Å². The van der Waals surface area contributed by atoms with Gasteiger partial charge in [-0.1, -0.05) is 6.07 Å². The fraction of sp³-hybridized carbons (Fsp3) is 0.0909. The topological polar surface area (TPSA) is 34.9 Å². The molecule has 2 rings (SSSR count). The number of halogens is 1. The van der Waals surface area contributed by atoms with Crippen molar-refractivity contribution in [2.24, 2.45) is 0 Å². The van der Waals surface area contributed by atoms with E-state index < -0.39 is 5.82 Å². The van der Waals surface area contributed by atoms with Gasteiger partial charge in [0.2, 0.25) is 0 Å². The van der Waals surface area contributed by atoms with Gasteiger partial charge in [-0.05, 0) is 24.6 Å². The first-order valence-electron chi connectivity index (χ1n) is 4.47. The first-order chi connectivity index (χ1) is 7.18. The fourth-order valence-electron chi connectivity index (χ4n) is 1.35. The molecule has 0 saturated heterocycles. The van der Waals surface area contributed by atoms with Crippen molar-refractivity contribution in [2.75, 3.05) is 0 Å². The second-order valence-electron chi connectivity index (χ2n) is 3.24. The molecule has 15 heavy (non-hydrogen) atoms. The van der Waals surface area contributed by atoms with Gasteiger partial charge in [0, 0.05) is 12.4 Å². The normalized spacial score (nSPS) is 10.3. The average molecular weight is 204 g/mol. The van der Waals surface area contributed by atoms with Crippen LogP contribution in [0.3, 0.4) is 0 Å². The zero-order valence-electron chi connectivity index (χ0n) is 8.14. The summed E-state index contributed by atoms with van der Waals surface area (Å²) in [5, 5.41) is 0. The van der Waals surface area contributed by atoms with Crippen molar-refractivity contribution in [2.45, 2.75) is 6.92 Å². The first-order valence-corrected chi connectivity index (χ1v) is 4.47. The van der Waals surface area contributed by atoms with Gasteiger partial charge in [-0.3, -0.25) is 14.3 Å². The highest BCUT2D eigenvalue weighted by Gasteiger charge is 2.05. The lowest BCUT2D eigenvalue weighted by atomic mass is 10.2. The molecule has 0 radical (unpaired) electrons. The molecule has 76 valence electrons. The summed E-state index contributed by atoms with van der Waals surface area (Å²) >= 11 is 0. The first kappa shape index (κ1) is 9.58. The largest absolute Gasteiger partial charge is 0.278 e. The lowest BCUT2D eigenvalue weighted by Crippen LogP contribution is -2.17. The number of hydrogen-bond acceptors (Lipinski definition) is 2. The summed E-state index contributed by atoms with van der Waals surface area (Å²) in [6.45, 7) is 1.79. The Morgan fingerprint density at radius 1 is 1.40 bits per heavy atom. The second kappa shape index (κ2) is 3.65. The monoisotopic (exact) mass is 204 g/mol. The van der Waals surface area contributed by atoms with Crippen LogP contribution in [0, 0.1) is 12.7 Å². The summed E-state index contributed by atoms with van der Waals surface area (Å²) < 4.78 is 14.8. The molecule has 0 amide bonds. The molecule has 1 heterocycles. The highest BCUT2D eigenvalue weighted by Crippen LogP contribution is 2.12. The van der Waals surface area contributed by atoms with Crippen molar-refractivity contribution in [1.82, 2.24) is 9.55 Å². The zero-order chi connectivity index (χ0) is 10.8. The van der Waals surface area contributed by atoms with Gasteiger partial charge in [-0.15, -0.1) is 0 Å². The van der Waals surface area contributed by atoms with Gasteiger partial charge in [0.05, 0.1) is 11.9 Å². The molecule has 2 aromatic rings. The Labute approximate surface area is 85.8 Å². The Bertz CT molecular complexity index is 548. The number of hydrogen-bond donors (Lipinski definition) is 0. The van der Waals surface area contributed by atoms with Gasteiger partial charge >= 0.3 is 0 Å². The summed E-state index contributed by atoms with van der Waals surface area (Å²) in [7, 11) is 0. The highest BCUT2D eigenvalue weighted by atomic mass is 19.1. The number of rotatable bonds is 1. The molecular formula is C11H9FN2O. The highest BCUT2D eigenvalue weighted by molar-refractivity contribution is 5.36. The maximum absolute atomic E-state index is 13.5. The van der Waals surface area contributed by atoms with E-state index >= 15 is 0 Å². The molecule has 0 bridgehead atoms. The average Bonchev–Trinajstić information content (AvgIpc) is 2.20. The van der Waals surface area contributed by atoms with Crippen LogP contribution < -0.4 is 5.56 Å². The maximum Gasteiger partial charge on any atom is 0.273 e. The Morgan fingerprint density at radius 3 is 2.87 bits per heavy atom. The quantitative estimate of drug-likeness (QED) is 0.708. The van der Waals surface area contributed by atoms with Crippen molar-refractivity contribution < 1.29 is 4.39 Å². The predicted molar refractivity (Wildman–Crippen MR) is 54.5 cm³/mol. The van der Waals surface area contributed by atoms with Gasteiger partial charge in [-0.2, -0.15) is 0 Å². The standard InChI is InChI=1S/C11H9FN2O/c1-8-2-3-10(9(12)6-8)14-5-4-13-7-11(14)15/h2-7H,1H3. The van der Waals surface area contributed by atoms with Crippen LogP contribution in [-0.2, 0) is 0 Å². The van der Waals surface area contributed by atoms with Crippen molar-refractivity contribution >= 4 is 0 Å². The van der Waals surface area contributed by atoms with E-state index in [9.17, 15) is 9.18 Å². The van der Waals surface area contributed by atoms with E-state index in [-0.39, 0.29) is 11.2 Å². The SMILES string of the molecule is Cc1ccc(-n2ccncc2=O)c(F)c1. The maximum atomic E-state index is 13.5. The molecule has 0 atom stereocenters. The molecule has 0 unspecified atom stereocenters. The summed E-state index contributed by atoms with van der Waals surface area (Å²) in [4.78, 5) is 15.1. The Hall–Kier alpha value is -1.97. The van der Waals surface area contributed by atoms with E-state index in [2.05, 4.69) is 4.98 Å². The molecule has 3 nitrogen and oxygen atoms in total. The molecule has 0 aliphatic rings. The van der Waals surface area contributed by atoms with Crippen LogP contribution in [0.4, 0.5) is 4.39 Å². The number of nitrogens with zero attached hydrogens (tertiary/aromatic N) is 2. The van der Waals surface area contributed by atoms with E-state index in [4.69, 9.17) is 0 Å². The third kappa shape index (κ3) is 1.79. The van der Waals surface area contributed by atoms with Crippen LogP contribution in [0.25, 0.3) is 5.69 Å². The van der Waals surface area contributed by atoms with Crippen LogP contribution in [-0.4, -0.2) is 9.55 Å². The van der Waals surface area contributed by atoms with Gasteiger partial charge in [-0.25, -0.2) is 4.39 Å². The minimum absolute atomic E-state index is 0.244. The summed E-state index contributed by atoms with van der Waals surface area (Å²) in [6, 6.07) is 4.72. The molecule has 0 aliphatic heterocycles. The van der Waals surface area contributed by atoms with Crippen LogP contribution in [0.15, 0.2) is 41.6 Å². The van der Waals surface area contributed by atoms with E-state index in [1.54, 1.807) is 19.1 Å². The van der Waals surface area contributed by atoms with E-state index in [1.165, 1.54) is 23.0 Å². The molecule has 0 aliphatic carbocycles. The minimum atomic E-state index is -0.414. The third-order valence-corrected chi connectivity index (χ3v) is 2.09. The van der Waals surface area contributed by atoms with Crippen LogP contribution in [0.1, 0.15) is 5.56 Å². The molecule has 0 saturated carbocycles. The van der Waals surface area contributed by atoms with E-state index in [0.717, 1.165) is 11.8 Å². The van der Waals surface area contributed by atoms with Crippen molar-refractivity contribution in [3.05, 3.63) is 58.5 Å². The van der Waals surface area contributed by atoms with Crippen molar-refractivity contribution in [1.29, 1.82) is 0 Å². The van der Waals surface area contributed by atoms with E-state index in [1.807, 2.05) is 0 Å². The smallest absolute Gasteiger partial charge is 0.273 e. The van der Waals surface area contributed by atoms with Crippen LogP contribution >= 0.6 is 0 Å². The second-order valence-corrected chi connectivity index (χ2v) is 3.24. The van der Waals surface area contributed by atoms with E-state index in [0.29, 0.717) is 0 Å². The summed E-state index contributed by atoms with van der Waals surface area (Å²) in [5.74, 6) is -0.414.